The van der Waals surface area contributed by atoms with Gasteiger partial charge in [-0.15, -0.1) is 0 Å². The molecule has 1 heterocycles. The van der Waals surface area contributed by atoms with Gasteiger partial charge in [0.05, 0.1) is 0 Å². The highest BCUT2D eigenvalue weighted by Crippen LogP contribution is 2.28. The van der Waals surface area contributed by atoms with Gasteiger partial charge in [-0.05, 0) is 48.6 Å². The van der Waals surface area contributed by atoms with Gasteiger partial charge in [-0.2, -0.15) is 0 Å². The van der Waals surface area contributed by atoms with Gasteiger partial charge in [-0.1, -0.05) is 48.0 Å². The highest BCUT2D eigenvalue weighted by atomic mass is 19.1. The van der Waals surface area contributed by atoms with Crippen molar-refractivity contribution in [2.24, 2.45) is 0 Å². The van der Waals surface area contributed by atoms with Gasteiger partial charge >= 0.3 is 0 Å². The van der Waals surface area contributed by atoms with Crippen LogP contribution in [0.25, 0.3) is 5.57 Å². The Kier molecular flexibility index (Phi) is 4.16. The van der Waals surface area contributed by atoms with Crippen LogP contribution in [0, 0.1) is 5.82 Å². The summed E-state index contributed by atoms with van der Waals surface area (Å²) in [7, 11) is 0. The molecule has 3 rings (SSSR count). The summed E-state index contributed by atoms with van der Waals surface area (Å²) in [5.74, 6) is -0.174. The monoisotopic (exact) mass is 281 g/mol. The Morgan fingerprint density at radius 1 is 1.05 bits per heavy atom. The molecule has 0 amide bonds. The lowest BCUT2D eigenvalue weighted by Gasteiger charge is -2.28. The number of hydrogen-bond donors (Lipinski definition) is 1. The van der Waals surface area contributed by atoms with Crippen LogP contribution in [-0.2, 0) is 6.42 Å². The quantitative estimate of drug-likeness (QED) is 0.889. The molecule has 0 radical (unpaired) electrons. The largest absolute Gasteiger partial charge is 0.310 e. The van der Waals surface area contributed by atoms with E-state index in [9.17, 15) is 4.39 Å². The Morgan fingerprint density at radius 3 is 2.48 bits per heavy atom. The Hall–Kier alpha value is -1.93. The van der Waals surface area contributed by atoms with Crippen molar-refractivity contribution in [1.82, 2.24) is 5.32 Å². The second-order valence-corrected chi connectivity index (χ2v) is 5.74. The summed E-state index contributed by atoms with van der Waals surface area (Å²) in [6, 6.07) is 17.9. The minimum atomic E-state index is -0.174. The summed E-state index contributed by atoms with van der Waals surface area (Å²) in [5, 5.41) is 3.60. The molecule has 0 aromatic heterocycles. The second-order valence-electron chi connectivity index (χ2n) is 5.74. The molecule has 21 heavy (non-hydrogen) atoms. The van der Waals surface area contributed by atoms with E-state index in [1.54, 1.807) is 12.1 Å². The summed E-state index contributed by atoms with van der Waals surface area (Å²) >= 11 is 0. The van der Waals surface area contributed by atoms with E-state index in [2.05, 4.69) is 36.5 Å². The second kappa shape index (κ2) is 6.23. The first-order chi connectivity index (χ1) is 10.2. The average Bonchev–Trinajstić information content (AvgIpc) is 2.51. The lowest BCUT2D eigenvalue weighted by Crippen LogP contribution is -2.36. The van der Waals surface area contributed by atoms with E-state index in [1.807, 2.05) is 18.2 Å². The molecular formula is C19H20FN. The predicted octanol–water partition coefficient (Wildman–Crippen LogP) is 4.20. The third-order valence-electron chi connectivity index (χ3n) is 4.14. The number of nitrogens with one attached hydrogen (secondary N) is 1. The van der Waals surface area contributed by atoms with Crippen molar-refractivity contribution >= 4 is 5.57 Å². The average molecular weight is 281 g/mol. The van der Waals surface area contributed by atoms with Crippen molar-refractivity contribution in [2.45, 2.75) is 25.8 Å². The maximum Gasteiger partial charge on any atom is 0.123 e. The van der Waals surface area contributed by atoms with Crippen LogP contribution in [0.3, 0.4) is 0 Å². The standard InChI is InChI=1S/C19H20FN/c1-14-13-21-18(11-15-5-3-2-4-6-15)12-19(14)16-7-9-17(20)10-8-16/h2-10,18,21H,11-13H2,1H3. The zero-order valence-corrected chi connectivity index (χ0v) is 12.3. The minimum absolute atomic E-state index is 0.174. The van der Waals surface area contributed by atoms with E-state index >= 15 is 0 Å². The Balaban J connectivity index is 1.77. The fourth-order valence-corrected chi connectivity index (χ4v) is 2.96. The Labute approximate surface area is 125 Å². The van der Waals surface area contributed by atoms with Crippen LogP contribution >= 0.6 is 0 Å². The molecular weight excluding hydrogens is 261 g/mol. The van der Waals surface area contributed by atoms with Crippen LogP contribution in [-0.4, -0.2) is 12.6 Å². The summed E-state index contributed by atoms with van der Waals surface area (Å²) in [4.78, 5) is 0. The van der Waals surface area contributed by atoms with Crippen molar-refractivity contribution in [1.29, 1.82) is 0 Å². The van der Waals surface area contributed by atoms with Gasteiger partial charge in [0.2, 0.25) is 0 Å². The number of hydrogen-bond acceptors (Lipinski definition) is 1. The molecule has 2 heteroatoms. The molecule has 0 spiro atoms. The first-order valence-electron chi connectivity index (χ1n) is 7.44. The molecule has 2 aromatic carbocycles. The van der Waals surface area contributed by atoms with Gasteiger partial charge in [-0.3, -0.25) is 0 Å². The van der Waals surface area contributed by atoms with Crippen molar-refractivity contribution in [2.75, 3.05) is 6.54 Å². The SMILES string of the molecule is CC1=C(c2ccc(F)cc2)CC(Cc2ccccc2)NC1. The maximum atomic E-state index is 13.1. The van der Waals surface area contributed by atoms with Crippen LogP contribution in [0.15, 0.2) is 60.2 Å². The van der Waals surface area contributed by atoms with Crippen LogP contribution in [0.5, 0.6) is 0 Å². The van der Waals surface area contributed by atoms with E-state index in [0.717, 1.165) is 24.9 Å². The van der Waals surface area contributed by atoms with E-state index in [-0.39, 0.29) is 5.82 Å². The van der Waals surface area contributed by atoms with Gasteiger partial charge in [0.25, 0.3) is 0 Å². The minimum Gasteiger partial charge on any atom is -0.310 e. The maximum absolute atomic E-state index is 13.1. The fraction of sp³-hybridized carbons (Fsp3) is 0.263. The summed E-state index contributed by atoms with van der Waals surface area (Å²) in [6.07, 6.45) is 2.02. The highest BCUT2D eigenvalue weighted by Gasteiger charge is 2.19. The van der Waals surface area contributed by atoms with E-state index in [0.29, 0.717) is 6.04 Å². The van der Waals surface area contributed by atoms with Gasteiger partial charge in [0.1, 0.15) is 5.82 Å². The molecule has 1 N–H and O–H groups in total. The number of halogens is 1. The summed E-state index contributed by atoms with van der Waals surface area (Å²) in [5.41, 5.74) is 5.21. The topological polar surface area (TPSA) is 12.0 Å². The fourth-order valence-electron chi connectivity index (χ4n) is 2.96. The van der Waals surface area contributed by atoms with Crippen LogP contribution in [0.1, 0.15) is 24.5 Å². The normalized spacial score (nSPS) is 18.9. The first kappa shape index (κ1) is 14.0. The lowest BCUT2D eigenvalue weighted by molar-refractivity contribution is 0.522. The van der Waals surface area contributed by atoms with E-state index in [4.69, 9.17) is 0 Å². The predicted molar refractivity (Wildman–Crippen MR) is 85.5 cm³/mol. The van der Waals surface area contributed by atoms with Crippen molar-refractivity contribution in [3.63, 3.8) is 0 Å². The van der Waals surface area contributed by atoms with Crippen LogP contribution < -0.4 is 5.32 Å². The van der Waals surface area contributed by atoms with Gasteiger partial charge < -0.3 is 5.32 Å². The molecule has 0 bridgehead atoms. The van der Waals surface area contributed by atoms with Gasteiger partial charge in [0.15, 0.2) is 0 Å². The Morgan fingerprint density at radius 2 is 1.76 bits per heavy atom. The van der Waals surface area contributed by atoms with Gasteiger partial charge in [0, 0.05) is 12.6 Å². The van der Waals surface area contributed by atoms with Gasteiger partial charge in [-0.25, -0.2) is 4.39 Å². The zero-order chi connectivity index (χ0) is 14.7. The lowest BCUT2D eigenvalue weighted by atomic mass is 9.88. The molecule has 2 aromatic rings. The molecule has 1 unspecified atom stereocenters. The molecule has 1 nitrogen and oxygen atoms in total. The molecule has 1 atom stereocenters. The molecule has 1 aliphatic rings. The third kappa shape index (κ3) is 3.40. The van der Waals surface area contributed by atoms with E-state index in [1.165, 1.54) is 16.7 Å². The first-order valence-corrected chi connectivity index (χ1v) is 7.44. The highest BCUT2D eigenvalue weighted by molar-refractivity contribution is 5.70. The molecule has 0 fully saturated rings. The molecule has 0 saturated heterocycles. The number of rotatable bonds is 3. The van der Waals surface area contributed by atoms with Crippen LogP contribution in [0.2, 0.25) is 0 Å². The smallest absolute Gasteiger partial charge is 0.123 e. The van der Waals surface area contributed by atoms with Crippen LogP contribution in [0.4, 0.5) is 4.39 Å². The molecule has 0 saturated carbocycles. The summed E-state index contributed by atoms with van der Waals surface area (Å²) < 4.78 is 13.1. The molecule has 0 aliphatic carbocycles. The molecule has 1 aliphatic heterocycles. The van der Waals surface area contributed by atoms with Crippen molar-refractivity contribution < 1.29 is 4.39 Å². The summed E-state index contributed by atoms with van der Waals surface area (Å²) in [6.45, 7) is 3.06. The third-order valence-corrected chi connectivity index (χ3v) is 4.14. The van der Waals surface area contributed by atoms with Crippen molar-refractivity contribution in [3.05, 3.63) is 77.1 Å². The van der Waals surface area contributed by atoms with Crippen molar-refractivity contribution in [3.8, 4) is 0 Å². The van der Waals surface area contributed by atoms with E-state index < -0.39 is 0 Å². The zero-order valence-electron chi connectivity index (χ0n) is 12.3. The molecule has 108 valence electrons. The Bertz CT molecular complexity index is 628. The number of benzene rings is 2.